The lowest BCUT2D eigenvalue weighted by Crippen LogP contribution is -1.98. The molecule has 0 aromatic heterocycles. The second-order valence-electron chi connectivity index (χ2n) is 3.46. The highest BCUT2D eigenvalue weighted by Crippen LogP contribution is 2.33. The van der Waals surface area contributed by atoms with Crippen LogP contribution in [0.3, 0.4) is 0 Å². The first kappa shape index (κ1) is 10.2. The molecule has 1 aromatic rings. The Morgan fingerprint density at radius 1 is 1.40 bits per heavy atom. The van der Waals surface area contributed by atoms with Crippen LogP contribution in [0.4, 0.5) is 0 Å². The van der Waals surface area contributed by atoms with Crippen LogP contribution in [0.1, 0.15) is 25.0 Å². The van der Waals surface area contributed by atoms with Gasteiger partial charge in [-0.1, -0.05) is 29.8 Å². The fourth-order valence-corrected chi connectivity index (χ4v) is 1.75. The van der Waals surface area contributed by atoms with Crippen molar-refractivity contribution in [2.45, 2.75) is 19.4 Å². The fraction of sp³-hybridized carbons (Fsp3) is 0.250. The quantitative estimate of drug-likeness (QED) is 0.539. The molecule has 0 amide bonds. The summed E-state index contributed by atoms with van der Waals surface area (Å²) in [7, 11) is 0. The van der Waals surface area contributed by atoms with Gasteiger partial charge in [-0.3, -0.25) is 0 Å². The first-order valence-electron chi connectivity index (χ1n) is 4.82. The Morgan fingerprint density at radius 3 is 2.60 bits per heavy atom. The van der Waals surface area contributed by atoms with E-state index in [2.05, 4.69) is 0 Å². The molecule has 1 aliphatic rings. The van der Waals surface area contributed by atoms with E-state index >= 15 is 0 Å². The summed E-state index contributed by atoms with van der Waals surface area (Å²) in [6, 6.07) is 7.38. The van der Waals surface area contributed by atoms with Crippen LogP contribution in [0, 0.1) is 0 Å². The highest BCUT2D eigenvalue weighted by Gasteiger charge is 2.29. The zero-order chi connectivity index (χ0) is 10.8. The van der Waals surface area contributed by atoms with Gasteiger partial charge in [0.15, 0.2) is 0 Å². The van der Waals surface area contributed by atoms with E-state index in [1.54, 1.807) is 18.2 Å². The zero-order valence-corrected chi connectivity index (χ0v) is 9.12. The smallest absolute Gasteiger partial charge is 0.334 e. The van der Waals surface area contributed by atoms with Crippen molar-refractivity contribution in [3.63, 3.8) is 0 Å². The van der Waals surface area contributed by atoms with Gasteiger partial charge < -0.3 is 4.74 Å². The van der Waals surface area contributed by atoms with Crippen molar-refractivity contribution >= 4 is 17.6 Å². The maximum Gasteiger partial charge on any atom is 0.334 e. The minimum absolute atomic E-state index is 0.152. The van der Waals surface area contributed by atoms with Gasteiger partial charge in [-0.2, -0.15) is 0 Å². The molecular weight excluding hydrogens is 212 g/mol. The number of allylic oxidation sites excluding steroid dienone is 1. The fourth-order valence-electron chi connectivity index (χ4n) is 1.63. The third kappa shape index (κ3) is 2.05. The number of ether oxygens (including phenoxy) is 1. The summed E-state index contributed by atoms with van der Waals surface area (Å²) >= 11 is 5.78. The van der Waals surface area contributed by atoms with E-state index < -0.39 is 0 Å². The van der Waals surface area contributed by atoms with E-state index in [9.17, 15) is 4.79 Å². The van der Waals surface area contributed by atoms with Gasteiger partial charge >= 0.3 is 5.97 Å². The predicted molar refractivity (Wildman–Crippen MR) is 58.7 cm³/mol. The van der Waals surface area contributed by atoms with E-state index in [1.165, 1.54) is 0 Å². The van der Waals surface area contributed by atoms with Crippen LogP contribution >= 0.6 is 11.6 Å². The van der Waals surface area contributed by atoms with Crippen molar-refractivity contribution in [1.29, 1.82) is 0 Å². The van der Waals surface area contributed by atoms with E-state index in [1.807, 2.05) is 19.1 Å². The summed E-state index contributed by atoms with van der Waals surface area (Å²) in [5.74, 6) is -0.211. The summed E-state index contributed by atoms with van der Waals surface area (Å²) in [5, 5.41) is 0.689. The van der Waals surface area contributed by atoms with Crippen LogP contribution in [0.15, 0.2) is 35.9 Å². The van der Waals surface area contributed by atoms with Gasteiger partial charge in [0.05, 0.1) is 0 Å². The van der Waals surface area contributed by atoms with Gasteiger partial charge in [0.2, 0.25) is 0 Å². The number of hydrogen-bond acceptors (Lipinski definition) is 2. The topological polar surface area (TPSA) is 26.3 Å². The number of halogens is 1. The molecule has 0 spiro atoms. The summed E-state index contributed by atoms with van der Waals surface area (Å²) in [6.45, 7) is 1.85. The lowest BCUT2D eigenvalue weighted by Gasteiger charge is -2.08. The molecule has 1 unspecified atom stereocenters. The van der Waals surface area contributed by atoms with Crippen LogP contribution in [0.2, 0.25) is 5.02 Å². The van der Waals surface area contributed by atoms with Gasteiger partial charge in [0, 0.05) is 17.0 Å². The Morgan fingerprint density at radius 2 is 2.07 bits per heavy atom. The third-order valence-corrected chi connectivity index (χ3v) is 2.76. The van der Waals surface area contributed by atoms with E-state index in [0.717, 1.165) is 11.1 Å². The molecule has 2 nitrogen and oxygen atoms in total. The normalized spacial score (nSPS) is 23.2. The lowest BCUT2D eigenvalue weighted by molar-refractivity contribution is -0.139. The van der Waals surface area contributed by atoms with Crippen molar-refractivity contribution in [3.8, 4) is 0 Å². The molecule has 1 heterocycles. The minimum Gasteiger partial charge on any atom is -0.454 e. The number of esters is 1. The average Bonchev–Trinajstić information content (AvgIpc) is 2.61. The van der Waals surface area contributed by atoms with E-state index in [0.29, 0.717) is 11.4 Å². The van der Waals surface area contributed by atoms with Crippen LogP contribution in [0.5, 0.6) is 0 Å². The SMILES string of the molecule is C/C=C1/CC(c2ccc(Cl)cc2)OC1=O. The second kappa shape index (κ2) is 4.07. The Balaban J connectivity index is 2.21. The predicted octanol–water partition coefficient (Wildman–Crippen LogP) is 3.27. The lowest BCUT2D eigenvalue weighted by atomic mass is 10.0. The van der Waals surface area contributed by atoms with Gasteiger partial charge in [-0.15, -0.1) is 0 Å². The molecular formula is C12H11ClO2. The molecule has 0 radical (unpaired) electrons. The molecule has 0 aliphatic carbocycles. The number of carbonyl (C=O) groups is 1. The Labute approximate surface area is 93.5 Å². The molecule has 1 saturated heterocycles. The van der Waals surface area contributed by atoms with Crippen molar-refractivity contribution in [3.05, 3.63) is 46.5 Å². The number of carbonyl (C=O) groups excluding carboxylic acids is 1. The minimum atomic E-state index is -0.211. The van der Waals surface area contributed by atoms with Crippen LogP contribution in [0.25, 0.3) is 0 Å². The third-order valence-electron chi connectivity index (χ3n) is 2.51. The van der Waals surface area contributed by atoms with Crippen molar-refractivity contribution in [1.82, 2.24) is 0 Å². The molecule has 78 valence electrons. The summed E-state index contributed by atoms with van der Waals surface area (Å²) < 4.78 is 5.24. The molecule has 3 heteroatoms. The van der Waals surface area contributed by atoms with Crippen LogP contribution in [-0.2, 0) is 9.53 Å². The maximum absolute atomic E-state index is 11.3. The molecule has 15 heavy (non-hydrogen) atoms. The molecule has 1 aromatic carbocycles. The van der Waals surface area contributed by atoms with Crippen molar-refractivity contribution in [2.75, 3.05) is 0 Å². The van der Waals surface area contributed by atoms with Gasteiger partial charge in [0.1, 0.15) is 6.10 Å². The maximum atomic E-state index is 11.3. The molecule has 0 bridgehead atoms. The molecule has 0 saturated carbocycles. The van der Waals surface area contributed by atoms with Crippen LogP contribution < -0.4 is 0 Å². The molecule has 1 atom stereocenters. The molecule has 1 aliphatic heterocycles. The number of hydrogen-bond donors (Lipinski definition) is 0. The summed E-state index contributed by atoms with van der Waals surface area (Å²) in [4.78, 5) is 11.3. The Kier molecular flexibility index (Phi) is 2.78. The number of rotatable bonds is 1. The highest BCUT2D eigenvalue weighted by molar-refractivity contribution is 6.30. The zero-order valence-electron chi connectivity index (χ0n) is 8.37. The number of cyclic esters (lactones) is 1. The molecule has 0 N–H and O–H groups in total. The Bertz CT molecular complexity index is 406. The standard InChI is InChI=1S/C12H11ClO2/c1-2-8-7-11(15-12(8)14)9-3-5-10(13)6-4-9/h2-6,11H,7H2,1H3/b8-2-. The van der Waals surface area contributed by atoms with Gasteiger partial charge in [-0.25, -0.2) is 4.79 Å². The van der Waals surface area contributed by atoms with E-state index in [4.69, 9.17) is 16.3 Å². The summed E-state index contributed by atoms with van der Waals surface area (Å²) in [5.41, 5.74) is 1.74. The number of benzene rings is 1. The average molecular weight is 223 g/mol. The molecule has 1 fully saturated rings. The van der Waals surface area contributed by atoms with Crippen molar-refractivity contribution < 1.29 is 9.53 Å². The van der Waals surface area contributed by atoms with Crippen molar-refractivity contribution in [2.24, 2.45) is 0 Å². The highest BCUT2D eigenvalue weighted by atomic mass is 35.5. The van der Waals surface area contributed by atoms with Gasteiger partial charge in [-0.05, 0) is 24.6 Å². The largest absolute Gasteiger partial charge is 0.454 e. The first-order chi connectivity index (χ1) is 7.20. The van der Waals surface area contributed by atoms with Gasteiger partial charge in [0.25, 0.3) is 0 Å². The van der Waals surface area contributed by atoms with E-state index in [-0.39, 0.29) is 12.1 Å². The Hall–Kier alpha value is -1.28. The summed E-state index contributed by atoms with van der Waals surface area (Å²) in [6.07, 6.45) is 2.30. The second-order valence-corrected chi connectivity index (χ2v) is 3.90. The molecule has 2 rings (SSSR count). The monoisotopic (exact) mass is 222 g/mol. The first-order valence-corrected chi connectivity index (χ1v) is 5.20. The van der Waals surface area contributed by atoms with Crippen LogP contribution in [-0.4, -0.2) is 5.97 Å².